The topological polar surface area (TPSA) is 84.7 Å². The van der Waals surface area contributed by atoms with Gasteiger partial charge in [-0.15, -0.1) is 0 Å². The molecule has 1 aliphatic rings. The van der Waals surface area contributed by atoms with Crippen LogP contribution in [-0.4, -0.2) is 57.5 Å². The van der Waals surface area contributed by atoms with Gasteiger partial charge in [-0.25, -0.2) is 9.48 Å². The molecule has 1 amide bonds. The maximum atomic E-state index is 12.6. The highest BCUT2D eigenvalue weighted by Gasteiger charge is 2.33. The molecule has 1 aromatic heterocycles. The van der Waals surface area contributed by atoms with Crippen LogP contribution in [-0.2, 0) is 9.53 Å². The lowest BCUT2D eigenvalue weighted by Crippen LogP contribution is -2.52. The molecule has 0 aliphatic carbocycles. The smallest absolute Gasteiger partial charge is 0.328 e. The van der Waals surface area contributed by atoms with E-state index in [9.17, 15) is 14.7 Å². The lowest BCUT2D eigenvalue weighted by atomic mass is 10.1. The molecule has 1 N–H and O–H groups in total. The Hall–Kier alpha value is -2.67. The van der Waals surface area contributed by atoms with Crippen LogP contribution in [0.25, 0.3) is 5.69 Å². The van der Waals surface area contributed by atoms with Crippen molar-refractivity contribution in [2.75, 3.05) is 19.8 Å². The van der Waals surface area contributed by atoms with Crippen LogP contribution in [0.5, 0.6) is 0 Å². The number of carbonyl (C=O) groups excluding carboxylic acids is 1. The first-order valence-electron chi connectivity index (χ1n) is 6.88. The minimum atomic E-state index is -1.06. The van der Waals surface area contributed by atoms with E-state index >= 15 is 0 Å². The molecule has 7 nitrogen and oxygen atoms in total. The Morgan fingerprint density at radius 1 is 1.32 bits per heavy atom. The second-order valence-electron chi connectivity index (χ2n) is 4.93. The summed E-state index contributed by atoms with van der Waals surface area (Å²) in [6, 6.07) is 7.79. The molecule has 1 aromatic carbocycles. The zero-order valence-corrected chi connectivity index (χ0v) is 11.8. The van der Waals surface area contributed by atoms with Gasteiger partial charge >= 0.3 is 5.97 Å². The largest absolute Gasteiger partial charge is 0.480 e. The highest BCUT2D eigenvalue weighted by atomic mass is 16.5. The lowest BCUT2D eigenvalue weighted by molar-refractivity contribution is -0.147. The van der Waals surface area contributed by atoms with Gasteiger partial charge in [0.2, 0.25) is 0 Å². The number of carbonyl (C=O) groups is 2. The Morgan fingerprint density at radius 2 is 2.18 bits per heavy atom. The number of aliphatic carboxylic acids is 1. The Labute approximate surface area is 126 Å². The summed E-state index contributed by atoms with van der Waals surface area (Å²) in [5.41, 5.74) is 1.18. The summed E-state index contributed by atoms with van der Waals surface area (Å²) in [5, 5.41) is 13.3. The monoisotopic (exact) mass is 301 g/mol. The number of rotatable bonds is 3. The van der Waals surface area contributed by atoms with Crippen LogP contribution >= 0.6 is 0 Å². The number of aromatic nitrogens is 2. The number of carboxylic acids is 1. The van der Waals surface area contributed by atoms with Gasteiger partial charge in [-0.05, 0) is 24.3 Å². The van der Waals surface area contributed by atoms with E-state index in [0.717, 1.165) is 5.69 Å². The van der Waals surface area contributed by atoms with Crippen molar-refractivity contribution < 1.29 is 19.4 Å². The zero-order chi connectivity index (χ0) is 15.5. The zero-order valence-electron chi connectivity index (χ0n) is 11.8. The summed E-state index contributed by atoms with van der Waals surface area (Å²) in [5.74, 6) is -1.37. The number of amides is 1. The van der Waals surface area contributed by atoms with Crippen molar-refractivity contribution in [3.05, 3.63) is 48.3 Å². The molecule has 22 heavy (non-hydrogen) atoms. The van der Waals surface area contributed by atoms with Gasteiger partial charge in [0.25, 0.3) is 5.91 Å². The van der Waals surface area contributed by atoms with E-state index in [1.54, 1.807) is 41.3 Å². The fraction of sp³-hybridized carbons (Fsp3) is 0.267. The third kappa shape index (κ3) is 2.71. The highest BCUT2D eigenvalue weighted by Crippen LogP contribution is 2.16. The van der Waals surface area contributed by atoms with Crippen molar-refractivity contribution in [1.29, 1.82) is 0 Å². The number of hydrogen-bond donors (Lipinski definition) is 1. The molecule has 1 atom stereocenters. The van der Waals surface area contributed by atoms with Crippen molar-refractivity contribution in [3.63, 3.8) is 0 Å². The van der Waals surface area contributed by atoms with E-state index in [4.69, 9.17) is 4.74 Å². The first-order chi connectivity index (χ1) is 10.7. The Kier molecular flexibility index (Phi) is 3.88. The van der Waals surface area contributed by atoms with Crippen molar-refractivity contribution in [1.82, 2.24) is 14.7 Å². The summed E-state index contributed by atoms with van der Waals surface area (Å²) in [7, 11) is 0. The van der Waals surface area contributed by atoms with Gasteiger partial charge in [-0.2, -0.15) is 5.10 Å². The molecule has 114 valence electrons. The molecule has 1 saturated heterocycles. The molecular weight excluding hydrogens is 286 g/mol. The second-order valence-corrected chi connectivity index (χ2v) is 4.93. The molecule has 1 aliphatic heterocycles. The van der Waals surface area contributed by atoms with Gasteiger partial charge in [0, 0.05) is 24.5 Å². The minimum Gasteiger partial charge on any atom is -0.480 e. The standard InChI is InChI=1S/C15H15N3O4/c19-14(17-7-8-22-10-13(17)15(20)21)11-3-1-4-12(9-11)18-6-2-5-16-18/h1-6,9,13H,7-8,10H2,(H,20,21). The van der Waals surface area contributed by atoms with E-state index in [0.29, 0.717) is 12.2 Å². The van der Waals surface area contributed by atoms with Gasteiger partial charge in [0.05, 0.1) is 18.9 Å². The SMILES string of the molecule is O=C(O)C1COCCN1C(=O)c1cccc(-n2cccn2)c1. The van der Waals surface area contributed by atoms with Crippen LogP contribution in [0.2, 0.25) is 0 Å². The van der Waals surface area contributed by atoms with E-state index < -0.39 is 12.0 Å². The molecule has 3 rings (SSSR count). The van der Waals surface area contributed by atoms with Crippen LogP contribution in [0.4, 0.5) is 0 Å². The number of carboxylic acid groups (broad SMARTS) is 1. The van der Waals surface area contributed by atoms with Gasteiger partial charge in [0.15, 0.2) is 6.04 Å². The summed E-state index contributed by atoms with van der Waals surface area (Å²) in [6.07, 6.45) is 3.43. The average molecular weight is 301 g/mol. The van der Waals surface area contributed by atoms with Crippen molar-refractivity contribution >= 4 is 11.9 Å². The predicted octanol–water partition coefficient (Wildman–Crippen LogP) is 0.798. The first-order valence-corrected chi connectivity index (χ1v) is 6.88. The molecule has 2 aromatic rings. The molecule has 7 heteroatoms. The van der Waals surface area contributed by atoms with Gasteiger partial charge in [0.1, 0.15) is 0 Å². The van der Waals surface area contributed by atoms with Crippen LogP contribution in [0.3, 0.4) is 0 Å². The number of morpholine rings is 1. The maximum absolute atomic E-state index is 12.6. The van der Waals surface area contributed by atoms with E-state index in [1.165, 1.54) is 4.90 Å². The van der Waals surface area contributed by atoms with Crippen molar-refractivity contribution in [3.8, 4) is 5.69 Å². The molecule has 0 saturated carbocycles. The fourth-order valence-corrected chi connectivity index (χ4v) is 2.42. The molecular formula is C15H15N3O4. The van der Waals surface area contributed by atoms with Crippen LogP contribution in [0, 0.1) is 0 Å². The van der Waals surface area contributed by atoms with Crippen molar-refractivity contribution in [2.24, 2.45) is 0 Å². The normalized spacial score (nSPS) is 18.2. The molecule has 2 heterocycles. The minimum absolute atomic E-state index is 0.0138. The Morgan fingerprint density at radius 3 is 2.91 bits per heavy atom. The third-order valence-electron chi connectivity index (χ3n) is 3.54. The van der Waals surface area contributed by atoms with Crippen LogP contribution in [0.1, 0.15) is 10.4 Å². The van der Waals surface area contributed by atoms with Gasteiger partial charge < -0.3 is 14.7 Å². The maximum Gasteiger partial charge on any atom is 0.328 e. The second kappa shape index (κ2) is 5.98. The van der Waals surface area contributed by atoms with Gasteiger partial charge in [-0.3, -0.25) is 4.79 Å². The lowest BCUT2D eigenvalue weighted by Gasteiger charge is -2.32. The number of benzene rings is 1. The summed E-state index contributed by atoms with van der Waals surface area (Å²) >= 11 is 0. The summed E-state index contributed by atoms with van der Waals surface area (Å²) in [4.78, 5) is 25.2. The number of hydrogen-bond acceptors (Lipinski definition) is 4. The molecule has 1 fully saturated rings. The average Bonchev–Trinajstić information content (AvgIpc) is 3.09. The third-order valence-corrected chi connectivity index (χ3v) is 3.54. The molecule has 0 spiro atoms. The molecule has 0 bridgehead atoms. The van der Waals surface area contributed by atoms with E-state index in [2.05, 4.69) is 5.10 Å². The Balaban J connectivity index is 1.88. The van der Waals surface area contributed by atoms with Crippen LogP contribution < -0.4 is 0 Å². The predicted molar refractivity (Wildman–Crippen MR) is 76.8 cm³/mol. The van der Waals surface area contributed by atoms with Crippen LogP contribution in [0.15, 0.2) is 42.7 Å². The van der Waals surface area contributed by atoms with E-state index in [1.807, 2.05) is 6.07 Å². The van der Waals surface area contributed by atoms with E-state index in [-0.39, 0.29) is 19.1 Å². The van der Waals surface area contributed by atoms with Gasteiger partial charge in [-0.1, -0.05) is 6.07 Å². The quantitative estimate of drug-likeness (QED) is 0.906. The number of nitrogens with zero attached hydrogens (tertiary/aromatic N) is 3. The number of ether oxygens (including phenoxy) is 1. The fourth-order valence-electron chi connectivity index (χ4n) is 2.42. The Bertz CT molecular complexity index is 684. The summed E-state index contributed by atoms with van der Waals surface area (Å²) < 4.78 is 6.80. The first kappa shape index (κ1) is 14.3. The summed E-state index contributed by atoms with van der Waals surface area (Å²) in [6.45, 7) is 0.621. The highest BCUT2D eigenvalue weighted by molar-refractivity contribution is 5.97. The molecule has 1 unspecified atom stereocenters. The van der Waals surface area contributed by atoms with Crippen molar-refractivity contribution in [2.45, 2.75) is 6.04 Å². The molecule has 0 radical (unpaired) electrons.